The van der Waals surface area contributed by atoms with Gasteiger partial charge in [0.15, 0.2) is 5.17 Å². The highest BCUT2D eigenvalue weighted by atomic mass is 127. The van der Waals surface area contributed by atoms with Crippen LogP contribution in [0.4, 0.5) is 4.39 Å². The van der Waals surface area contributed by atoms with Crippen LogP contribution in [0.5, 0.6) is 5.75 Å². The number of hydrogen-bond donors (Lipinski definition) is 0. The summed E-state index contributed by atoms with van der Waals surface area (Å²) < 4.78 is 20.8. The maximum atomic E-state index is 13.0. The van der Waals surface area contributed by atoms with Crippen molar-refractivity contribution in [2.45, 2.75) is 6.61 Å². The van der Waals surface area contributed by atoms with Gasteiger partial charge < -0.3 is 4.74 Å². The molecule has 0 unspecified atom stereocenters. The highest BCUT2D eigenvalue weighted by molar-refractivity contribution is 14.1. The van der Waals surface area contributed by atoms with E-state index in [2.05, 4.69) is 50.2 Å². The van der Waals surface area contributed by atoms with Crippen molar-refractivity contribution in [2.24, 2.45) is 4.99 Å². The van der Waals surface area contributed by atoms with E-state index < -0.39 is 0 Å². The van der Waals surface area contributed by atoms with E-state index in [0.29, 0.717) is 16.7 Å². The number of benzene rings is 2. The topological polar surface area (TPSA) is 41.9 Å². The number of ether oxygens (including phenoxy) is 1. The van der Waals surface area contributed by atoms with Gasteiger partial charge in [-0.2, -0.15) is 0 Å². The van der Waals surface area contributed by atoms with Gasteiger partial charge in [-0.25, -0.2) is 4.39 Å². The molecule has 140 valence electrons. The fraction of sp³-hybridized carbons (Fsp3) is 0.158. The second kappa shape index (κ2) is 8.91. The zero-order valence-corrected chi connectivity index (χ0v) is 19.6. The Labute approximate surface area is 188 Å². The molecule has 1 aliphatic rings. The summed E-state index contributed by atoms with van der Waals surface area (Å²) in [7, 11) is 3.40. The standard InChI is InChI=1S/C19H15FI2N2O2S/c1-23-19-24(2)18(25)16(27-19)9-12-7-14(21)17(15(22)8-12)26-10-11-3-5-13(20)6-4-11/h3-9H,10H2,1-2H3/b16-9+,23-19?. The summed E-state index contributed by atoms with van der Waals surface area (Å²) in [6.07, 6.45) is 1.87. The Morgan fingerprint density at radius 1 is 1.22 bits per heavy atom. The van der Waals surface area contributed by atoms with Crippen LogP contribution >= 0.6 is 56.9 Å². The Kier molecular flexibility index (Phi) is 6.79. The molecule has 1 fully saturated rings. The van der Waals surface area contributed by atoms with Crippen molar-refractivity contribution in [2.75, 3.05) is 14.1 Å². The largest absolute Gasteiger partial charge is 0.487 e. The lowest BCUT2D eigenvalue weighted by Gasteiger charge is -2.12. The van der Waals surface area contributed by atoms with Crippen LogP contribution in [0.2, 0.25) is 0 Å². The lowest BCUT2D eigenvalue weighted by atomic mass is 10.2. The van der Waals surface area contributed by atoms with Gasteiger partial charge in [0, 0.05) is 14.1 Å². The van der Waals surface area contributed by atoms with Crippen molar-refractivity contribution >= 4 is 74.1 Å². The van der Waals surface area contributed by atoms with E-state index in [1.807, 2.05) is 18.2 Å². The van der Waals surface area contributed by atoms with Crippen molar-refractivity contribution in [1.82, 2.24) is 4.90 Å². The molecular weight excluding hydrogens is 593 g/mol. The molecule has 0 spiro atoms. The average Bonchev–Trinajstić information content (AvgIpc) is 2.90. The molecule has 1 aliphatic heterocycles. The molecule has 3 rings (SSSR count). The molecule has 8 heteroatoms. The molecule has 2 aromatic rings. The molecule has 0 aromatic heterocycles. The number of nitrogens with zero attached hydrogens (tertiary/aromatic N) is 2. The van der Waals surface area contributed by atoms with Crippen LogP contribution < -0.4 is 4.74 Å². The zero-order valence-electron chi connectivity index (χ0n) is 14.5. The van der Waals surface area contributed by atoms with Gasteiger partial charge >= 0.3 is 0 Å². The molecule has 1 heterocycles. The average molecular weight is 608 g/mol. The third-order valence-corrected chi connectivity index (χ3v) is 6.56. The smallest absolute Gasteiger partial charge is 0.266 e. The summed E-state index contributed by atoms with van der Waals surface area (Å²) in [4.78, 5) is 18.6. The predicted molar refractivity (Wildman–Crippen MR) is 124 cm³/mol. The number of rotatable bonds is 4. The molecule has 0 aliphatic carbocycles. The number of aliphatic imine (C=N–C) groups is 1. The summed E-state index contributed by atoms with van der Waals surface area (Å²) in [5.41, 5.74) is 1.83. The third-order valence-electron chi connectivity index (χ3n) is 3.81. The lowest BCUT2D eigenvalue weighted by molar-refractivity contribution is -0.121. The maximum Gasteiger partial charge on any atom is 0.266 e. The Balaban J connectivity index is 1.80. The van der Waals surface area contributed by atoms with Gasteiger partial charge in [-0.15, -0.1) is 0 Å². The van der Waals surface area contributed by atoms with Crippen molar-refractivity contribution < 1.29 is 13.9 Å². The van der Waals surface area contributed by atoms with Crippen LogP contribution in [-0.4, -0.2) is 30.1 Å². The minimum absolute atomic E-state index is 0.0535. The molecule has 0 bridgehead atoms. The molecule has 0 atom stereocenters. The van der Waals surface area contributed by atoms with Crippen molar-refractivity contribution in [3.05, 3.63) is 65.4 Å². The van der Waals surface area contributed by atoms with E-state index in [0.717, 1.165) is 24.0 Å². The normalized spacial score (nSPS) is 17.2. The van der Waals surface area contributed by atoms with Crippen molar-refractivity contribution in [1.29, 1.82) is 0 Å². The van der Waals surface area contributed by atoms with Gasteiger partial charge in [-0.3, -0.25) is 14.7 Å². The Hall–Kier alpha value is -1.14. The first-order valence-electron chi connectivity index (χ1n) is 7.89. The number of amidine groups is 1. The Morgan fingerprint density at radius 3 is 2.41 bits per heavy atom. The minimum atomic E-state index is -0.262. The SMILES string of the molecule is CN=C1S/C(=C/c2cc(I)c(OCc3ccc(F)cc3)c(I)c2)C(=O)N1C. The molecule has 1 amide bonds. The van der Waals surface area contributed by atoms with Crippen LogP contribution in [0, 0.1) is 13.0 Å². The lowest BCUT2D eigenvalue weighted by Crippen LogP contribution is -2.23. The first-order chi connectivity index (χ1) is 12.9. The summed E-state index contributed by atoms with van der Waals surface area (Å²) in [5, 5.41) is 0.690. The van der Waals surface area contributed by atoms with E-state index in [1.165, 1.54) is 23.9 Å². The molecule has 0 N–H and O–H groups in total. The molecule has 2 aromatic carbocycles. The van der Waals surface area contributed by atoms with Crippen LogP contribution in [0.15, 0.2) is 46.3 Å². The van der Waals surface area contributed by atoms with E-state index in [9.17, 15) is 9.18 Å². The number of hydrogen-bond acceptors (Lipinski definition) is 4. The van der Waals surface area contributed by atoms with Crippen LogP contribution in [0.3, 0.4) is 0 Å². The highest BCUT2D eigenvalue weighted by Gasteiger charge is 2.29. The van der Waals surface area contributed by atoms with E-state index in [4.69, 9.17) is 4.74 Å². The van der Waals surface area contributed by atoms with Crippen LogP contribution in [0.25, 0.3) is 6.08 Å². The third kappa shape index (κ3) is 4.83. The second-order valence-electron chi connectivity index (χ2n) is 5.71. The van der Waals surface area contributed by atoms with Gasteiger partial charge in [0.1, 0.15) is 18.2 Å². The van der Waals surface area contributed by atoms with E-state index in [-0.39, 0.29) is 11.7 Å². The number of amides is 1. The van der Waals surface area contributed by atoms with Gasteiger partial charge in [-0.05, 0) is 98.4 Å². The Bertz CT molecular complexity index is 922. The molecule has 1 saturated heterocycles. The fourth-order valence-electron chi connectivity index (χ4n) is 2.44. The Morgan fingerprint density at radius 2 is 1.85 bits per heavy atom. The predicted octanol–water partition coefficient (Wildman–Crippen LogP) is 5.15. The minimum Gasteiger partial charge on any atom is -0.487 e. The summed E-state index contributed by atoms with van der Waals surface area (Å²) in [5.74, 6) is 0.463. The van der Waals surface area contributed by atoms with Crippen LogP contribution in [-0.2, 0) is 11.4 Å². The van der Waals surface area contributed by atoms with Crippen molar-refractivity contribution in [3.8, 4) is 5.75 Å². The second-order valence-corrected chi connectivity index (χ2v) is 9.04. The molecule has 4 nitrogen and oxygen atoms in total. The maximum absolute atomic E-state index is 13.0. The van der Waals surface area contributed by atoms with Crippen molar-refractivity contribution in [3.63, 3.8) is 0 Å². The number of halogens is 3. The molecular formula is C19H15FI2N2O2S. The quantitative estimate of drug-likeness (QED) is 0.357. The number of carbonyl (C=O) groups excluding carboxylic acids is 1. The number of thioether (sulfide) groups is 1. The first kappa shape index (κ1) is 20.6. The van der Waals surface area contributed by atoms with E-state index in [1.54, 1.807) is 31.1 Å². The van der Waals surface area contributed by atoms with Gasteiger partial charge in [-0.1, -0.05) is 12.1 Å². The molecule has 0 radical (unpaired) electrons. The van der Waals surface area contributed by atoms with Gasteiger partial charge in [0.25, 0.3) is 5.91 Å². The summed E-state index contributed by atoms with van der Waals surface area (Å²) in [6.45, 7) is 0.363. The van der Waals surface area contributed by atoms with E-state index >= 15 is 0 Å². The number of carbonyl (C=O) groups is 1. The van der Waals surface area contributed by atoms with Gasteiger partial charge in [0.05, 0.1) is 12.0 Å². The summed E-state index contributed by atoms with van der Waals surface area (Å²) >= 11 is 5.81. The first-order valence-corrected chi connectivity index (χ1v) is 10.9. The molecule has 27 heavy (non-hydrogen) atoms. The molecule has 0 saturated carbocycles. The number of likely N-dealkylation sites (N-methyl/N-ethyl adjacent to an activating group) is 1. The summed E-state index contributed by atoms with van der Waals surface area (Å²) in [6, 6.07) is 10.2. The van der Waals surface area contributed by atoms with Gasteiger partial charge in [0.2, 0.25) is 0 Å². The highest BCUT2D eigenvalue weighted by Crippen LogP contribution is 2.34. The van der Waals surface area contributed by atoms with Crippen LogP contribution in [0.1, 0.15) is 11.1 Å². The zero-order chi connectivity index (χ0) is 19.6. The fourth-order valence-corrected chi connectivity index (χ4v) is 5.49. The monoisotopic (exact) mass is 608 g/mol.